The van der Waals surface area contributed by atoms with Crippen LogP contribution in [0, 0.1) is 0 Å². The van der Waals surface area contributed by atoms with Gasteiger partial charge in [-0.05, 0) is 32.0 Å². The number of Topliss-reactive ketones (excluding diaryl/α,β-unsaturated/α-hetero) is 1. The van der Waals surface area contributed by atoms with Gasteiger partial charge in [-0.1, -0.05) is 6.07 Å². The van der Waals surface area contributed by atoms with Gasteiger partial charge in [-0.15, -0.1) is 0 Å². The van der Waals surface area contributed by atoms with Crippen molar-refractivity contribution >= 4 is 5.78 Å². The smallest absolute Gasteiger partial charge is 0.149 e. The molecule has 1 saturated carbocycles. The quantitative estimate of drug-likeness (QED) is 0.771. The lowest BCUT2D eigenvalue weighted by Gasteiger charge is -2.22. The average Bonchev–Trinajstić information content (AvgIpc) is 2.74. The second-order valence-electron chi connectivity index (χ2n) is 4.43. The molecule has 1 aromatic rings. The van der Waals surface area contributed by atoms with Crippen LogP contribution in [0.15, 0.2) is 24.4 Å². The van der Waals surface area contributed by atoms with Gasteiger partial charge in [0.05, 0.1) is 6.04 Å². The highest BCUT2D eigenvalue weighted by Crippen LogP contribution is 2.19. The van der Waals surface area contributed by atoms with E-state index in [4.69, 9.17) is 0 Å². The molecule has 0 spiro atoms. The van der Waals surface area contributed by atoms with Crippen molar-refractivity contribution in [3.63, 3.8) is 0 Å². The van der Waals surface area contributed by atoms with Gasteiger partial charge < -0.3 is 0 Å². The number of rotatable bonds is 4. The number of ketones is 1. The first kappa shape index (κ1) is 11.3. The van der Waals surface area contributed by atoms with Crippen molar-refractivity contribution in [1.82, 2.24) is 9.88 Å². The van der Waals surface area contributed by atoms with Crippen molar-refractivity contribution in [2.45, 2.75) is 31.7 Å². The van der Waals surface area contributed by atoms with Gasteiger partial charge in [0.25, 0.3) is 0 Å². The first-order chi connectivity index (χ1) is 7.77. The lowest BCUT2D eigenvalue weighted by molar-refractivity contribution is -0.121. The van der Waals surface area contributed by atoms with Crippen LogP contribution in [-0.4, -0.2) is 35.3 Å². The van der Waals surface area contributed by atoms with Gasteiger partial charge in [0, 0.05) is 31.3 Å². The van der Waals surface area contributed by atoms with Gasteiger partial charge in [0.1, 0.15) is 5.78 Å². The van der Waals surface area contributed by atoms with Gasteiger partial charge in [-0.3, -0.25) is 14.7 Å². The highest BCUT2D eigenvalue weighted by Gasteiger charge is 2.27. The molecule has 16 heavy (non-hydrogen) atoms. The van der Waals surface area contributed by atoms with E-state index in [0.29, 0.717) is 5.78 Å². The molecule has 1 atom stereocenters. The molecule has 1 aromatic heterocycles. The highest BCUT2D eigenvalue weighted by atomic mass is 16.1. The standard InChI is InChI=1S/C13H18N2O/c1-15(12-6-4-7-13(12)16)10-8-11-5-2-3-9-14-11/h2-3,5,9,12H,4,6-8,10H2,1H3. The summed E-state index contributed by atoms with van der Waals surface area (Å²) in [6.07, 6.45) is 5.57. The van der Waals surface area contributed by atoms with Crippen molar-refractivity contribution in [2.24, 2.45) is 0 Å². The molecule has 3 heteroatoms. The number of aromatic nitrogens is 1. The van der Waals surface area contributed by atoms with Gasteiger partial charge in [0.2, 0.25) is 0 Å². The Morgan fingerprint density at radius 2 is 2.38 bits per heavy atom. The van der Waals surface area contributed by atoms with E-state index in [-0.39, 0.29) is 6.04 Å². The predicted molar refractivity (Wildman–Crippen MR) is 63.2 cm³/mol. The third-order valence-corrected chi connectivity index (χ3v) is 3.25. The maximum absolute atomic E-state index is 11.6. The third-order valence-electron chi connectivity index (χ3n) is 3.25. The Bertz CT molecular complexity index is 350. The van der Waals surface area contributed by atoms with Crippen molar-refractivity contribution in [3.05, 3.63) is 30.1 Å². The van der Waals surface area contributed by atoms with Crippen LogP contribution >= 0.6 is 0 Å². The van der Waals surface area contributed by atoms with Crippen LogP contribution in [0.3, 0.4) is 0 Å². The van der Waals surface area contributed by atoms with Gasteiger partial charge in [-0.2, -0.15) is 0 Å². The van der Waals surface area contributed by atoms with E-state index >= 15 is 0 Å². The maximum atomic E-state index is 11.6. The van der Waals surface area contributed by atoms with Crippen molar-refractivity contribution in [2.75, 3.05) is 13.6 Å². The van der Waals surface area contributed by atoms with E-state index in [1.807, 2.05) is 31.4 Å². The Balaban J connectivity index is 1.84. The van der Waals surface area contributed by atoms with E-state index in [9.17, 15) is 4.79 Å². The highest BCUT2D eigenvalue weighted by molar-refractivity contribution is 5.85. The number of nitrogens with zero attached hydrogens (tertiary/aromatic N) is 2. The van der Waals surface area contributed by atoms with Gasteiger partial charge in [0.15, 0.2) is 0 Å². The Hall–Kier alpha value is -1.22. The van der Waals surface area contributed by atoms with Gasteiger partial charge in [-0.25, -0.2) is 0 Å². The van der Waals surface area contributed by atoms with Crippen LogP contribution in [0.2, 0.25) is 0 Å². The Morgan fingerprint density at radius 3 is 3.00 bits per heavy atom. The fraction of sp³-hybridized carbons (Fsp3) is 0.538. The minimum absolute atomic E-state index is 0.156. The average molecular weight is 218 g/mol. The molecule has 1 aliphatic rings. The molecule has 86 valence electrons. The fourth-order valence-corrected chi connectivity index (χ4v) is 2.26. The SMILES string of the molecule is CN(CCc1ccccn1)C1CCCC1=O. The summed E-state index contributed by atoms with van der Waals surface area (Å²) < 4.78 is 0. The van der Waals surface area contributed by atoms with Crippen LogP contribution < -0.4 is 0 Å². The maximum Gasteiger partial charge on any atom is 0.149 e. The van der Waals surface area contributed by atoms with Crippen LogP contribution in [0.25, 0.3) is 0 Å². The first-order valence-electron chi connectivity index (χ1n) is 5.90. The summed E-state index contributed by atoms with van der Waals surface area (Å²) in [4.78, 5) is 18.0. The summed E-state index contributed by atoms with van der Waals surface area (Å²) in [5, 5.41) is 0. The number of hydrogen-bond donors (Lipinski definition) is 0. The molecule has 0 aliphatic heterocycles. The minimum atomic E-state index is 0.156. The molecule has 0 aromatic carbocycles. The van der Waals surface area contributed by atoms with E-state index in [1.54, 1.807) is 0 Å². The Morgan fingerprint density at radius 1 is 1.50 bits per heavy atom. The molecule has 1 unspecified atom stereocenters. The van der Waals surface area contributed by atoms with E-state index in [0.717, 1.165) is 37.9 Å². The topological polar surface area (TPSA) is 33.2 Å². The van der Waals surface area contributed by atoms with Gasteiger partial charge >= 0.3 is 0 Å². The molecule has 3 nitrogen and oxygen atoms in total. The number of carbonyl (C=O) groups is 1. The van der Waals surface area contributed by atoms with Crippen molar-refractivity contribution < 1.29 is 4.79 Å². The van der Waals surface area contributed by atoms with Crippen LogP contribution in [0.4, 0.5) is 0 Å². The van der Waals surface area contributed by atoms with E-state index in [2.05, 4.69) is 9.88 Å². The monoisotopic (exact) mass is 218 g/mol. The summed E-state index contributed by atoms with van der Waals surface area (Å²) in [5.74, 6) is 0.406. The lowest BCUT2D eigenvalue weighted by Crippen LogP contribution is -2.36. The first-order valence-corrected chi connectivity index (χ1v) is 5.90. The number of likely N-dealkylation sites (N-methyl/N-ethyl adjacent to an activating group) is 1. The molecular formula is C13H18N2O. The van der Waals surface area contributed by atoms with Crippen LogP contribution in [0.1, 0.15) is 25.0 Å². The molecule has 1 fully saturated rings. The molecule has 2 rings (SSSR count). The lowest BCUT2D eigenvalue weighted by atomic mass is 10.2. The zero-order valence-corrected chi connectivity index (χ0v) is 9.72. The summed E-state index contributed by atoms with van der Waals surface area (Å²) >= 11 is 0. The molecule has 0 amide bonds. The summed E-state index contributed by atoms with van der Waals surface area (Å²) in [6.45, 7) is 0.910. The van der Waals surface area contributed by atoms with Crippen molar-refractivity contribution in [1.29, 1.82) is 0 Å². The molecule has 0 N–H and O–H groups in total. The number of hydrogen-bond acceptors (Lipinski definition) is 3. The second-order valence-corrected chi connectivity index (χ2v) is 4.43. The molecule has 0 bridgehead atoms. The zero-order valence-electron chi connectivity index (χ0n) is 9.72. The predicted octanol–water partition coefficient (Wildman–Crippen LogP) is 1.68. The third kappa shape index (κ3) is 2.67. The Kier molecular flexibility index (Phi) is 3.67. The zero-order chi connectivity index (χ0) is 11.4. The summed E-state index contributed by atoms with van der Waals surface area (Å²) in [6, 6.07) is 6.12. The van der Waals surface area contributed by atoms with E-state index in [1.165, 1.54) is 0 Å². The summed E-state index contributed by atoms with van der Waals surface area (Å²) in [5.41, 5.74) is 1.10. The molecular weight excluding hydrogens is 200 g/mol. The molecule has 1 aliphatic carbocycles. The second kappa shape index (κ2) is 5.21. The van der Waals surface area contributed by atoms with Crippen LogP contribution in [-0.2, 0) is 11.2 Å². The molecule has 0 radical (unpaired) electrons. The van der Waals surface area contributed by atoms with Crippen molar-refractivity contribution in [3.8, 4) is 0 Å². The molecule has 0 saturated heterocycles. The largest absolute Gasteiger partial charge is 0.298 e. The fourth-order valence-electron chi connectivity index (χ4n) is 2.26. The van der Waals surface area contributed by atoms with E-state index < -0.39 is 0 Å². The molecule has 1 heterocycles. The number of pyridine rings is 1. The Labute approximate surface area is 96.5 Å². The normalized spacial score (nSPS) is 20.6. The summed E-state index contributed by atoms with van der Waals surface area (Å²) in [7, 11) is 2.04. The van der Waals surface area contributed by atoms with Crippen LogP contribution in [0.5, 0.6) is 0 Å². The number of carbonyl (C=O) groups excluding carboxylic acids is 1. The minimum Gasteiger partial charge on any atom is -0.298 e.